The third kappa shape index (κ3) is 4.37. The molecule has 0 spiro atoms. The molecular weight excluding hydrogens is 338 g/mol. The number of fused-ring (bicyclic) bond motifs is 1. The van der Waals surface area contributed by atoms with Crippen LogP contribution in [-0.2, 0) is 17.6 Å². The SMILES string of the molecule is O=C(NC[C@@H](c1cccnc1)N1CCOCC1)c1ccc2c(c1)CCCC2. The number of carbonyl (C=O) groups is 1. The summed E-state index contributed by atoms with van der Waals surface area (Å²) < 4.78 is 5.49. The van der Waals surface area contributed by atoms with E-state index in [1.807, 2.05) is 18.3 Å². The summed E-state index contributed by atoms with van der Waals surface area (Å²) in [5.74, 6) is 0.00511. The van der Waals surface area contributed by atoms with E-state index in [9.17, 15) is 4.79 Å². The topological polar surface area (TPSA) is 54.5 Å². The number of aromatic nitrogens is 1. The molecule has 1 aromatic carbocycles. The molecule has 2 heterocycles. The average Bonchev–Trinajstić information content (AvgIpc) is 2.75. The number of ether oxygens (including phenoxy) is 1. The maximum absolute atomic E-state index is 12.8. The lowest BCUT2D eigenvalue weighted by Crippen LogP contribution is -2.43. The zero-order valence-electron chi connectivity index (χ0n) is 15.7. The zero-order chi connectivity index (χ0) is 18.5. The molecule has 4 rings (SSSR count). The molecule has 2 aliphatic rings. The van der Waals surface area contributed by atoms with E-state index in [1.54, 1.807) is 6.20 Å². The number of aryl methyl sites for hydroxylation is 2. The molecule has 5 nitrogen and oxygen atoms in total. The van der Waals surface area contributed by atoms with Crippen LogP contribution >= 0.6 is 0 Å². The van der Waals surface area contributed by atoms with Crippen LogP contribution in [0.5, 0.6) is 0 Å². The van der Waals surface area contributed by atoms with Crippen molar-refractivity contribution < 1.29 is 9.53 Å². The van der Waals surface area contributed by atoms with Crippen molar-refractivity contribution in [1.29, 1.82) is 0 Å². The average molecular weight is 365 g/mol. The van der Waals surface area contributed by atoms with Crippen LogP contribution in [0.25, 0.3) is 0 Å². The van der Waals surface area contributed by atoms with E-state index < -0.39 is 0 Å². The Kier molecular flexibility index (Phi) is 5.80. The van der Waals surface area contributed by atoms with Crippen molar-refractivity contribution in [3.8, 4) is 0 Å². The number of carbonyl (C=O) groups excluding carboxylic acids is 1. The van der Waals surface area contributed by atoms with Gasteiger partial charge in [0.2, 0.25) is 0 Å². The Hall–Kier alpha value is -2.24. The quantitative estimate of drug-likeness (QED) is 0.885. The summed E-state index contributed by atoms with van der Waals surface area (Å²) in [6, 6.07) is 10.3. The fraction of sp³-hybridized carbons (Fsp3) is 0.455. The number of amides is 1. The van der Waals surface area contributed by atoms with Crippen molar-refractivity contribution in [3.63, 3.8) is 0 Å². The van der Waals surface area contributed by atoms with E-state index in [0.717, 1.165) is 50.3 Å². The number of morpholine rings is 1. The molecule has 0 saturated carbocycles. The van der Waals surface area contributed by atoms with Crippen molar-refractivity contribution in [2.24, 2.45) is 0 Å². The summed E-state index contributed by atoms with van der Waals surface area (Å²) in [5, 5.41) is 3.15. The summed E-state index contributed by atoms with van der Waals surface area (Å²) >= 11 is 0. The molecule has 0 unspecified atom stereocenters. The predicted molar refractivity (Wildman–Crippen MR) is 105 cm³/mol. The van der Waals surface area contributed by atoms with E-state index >= 15 is 0 Å². The van der Waals surface area contributed by atoms with Crippen LogP contribution in [0.4, 0.5) is 0 Å². The molecule has 1 aromatic heterocycles. The molecule has 1 saturated heterocycles. The predicted octanol–water partition coefficient (Wildman–Crippen LogP) is 2.76. The number of hydrogen-bond acceptors (Lipinski definition) is 4. The first kappa shape index (κ1) is 18.1. The lowest BCUT2D eigenvalue weighted by molar-refractivity contribution is 0.0161. The van der Waals surface area contributed by atoms with Gasteiger partial charge in [0.05, 0.1) is 19.3 Å². The molecule has 27 heavy (non-hydrogen) atoms. The van der Waals surface area contributed by atoms with E-state index in [2.05, 4.69) is 33.4 Å². The van der Waals surface area contributed by atoms with Crippen LogP contribution in [0.1, 0.15) is 45.9 Å². The van der Waals surface area contributed by atoms with E-state index in [0.29, 0.717) is 6.54 Å². The first-order chi connectivity index (χ1) is 13.3. The fourth-order valence-electron chi connectivity index (χ4n) is 4.09. The van der Waals surface area contributed by atoms with Gasteiger partial charge in [0.1, 0.15) is 0 Å². The zero-order valence-corrected chi connectivity index (χ0v) is 15.7. The highest BCUT2D eigenvalue weighted by Crippen LogP contribution is 2.23. The second-order valence-electron chi connectivity index (χ2n) is 7.35. The lowest BCUT2D eigenvalue weighted by Gasteiger charge is -2.34. The summed E-state index contributed by atoms with van der Waals surface area (Å²) in [6.07, 6.45) is 8.37. The van der Waals surface area contributed by atoms with Gasteiger partial charge in [-0.2, -0.15) is 0 Å². The molecule has 5 heteroatoms. The molecule has 1 atom stereocenters. The highest BCUT2D eigenvalue weighted by atomic mass is 16.5. The Morgan fingerprint density at radius 3 is 2.74 bits per heavy atom. The van der Waals surface area contributed by atoms with Crippen LogP contribution in [-0.4, -0.2) is 48.6 Å². The summed E-state index contributed by atoms with van der Waals surface area (Å²) in [4.78, 5) is 19.4. The molecule has 2 aromatic rings. The molecule has 1 N–H and O–H groups in total. The van der Waals surface area contributed by atoms with Crippen molar-refractivity contribution in [3.05, 3.63) is 65.0 Å². The Morgan fingerprint density at radius 1 is 1.15 bits per heavy atom. The van der Waals surface area contributed by atoms with Gasteiger partial charge in [-0.15, -0.1) is 0 Å². The van der Waals surface area contributed by atoms with Crippen molar-refractivity contribution in [1.82, 2.24) is 15.2 Å². The van der Waals surface area contributed by atoms with E-state index in [-0.39, 0.29) is 11.9 Å². The van der Waals surface area contributed by atoms with E-state index in [1.165, 1.54) is 24.0 Å². The minimum Gasteiger partial charge on any atom is -0.379 e. The first-order valence-corrected chi connectivity index (χ1v) is 9.93. The van der Waals surface area contributed by atoms with E-state index in [4.69, 9.17) is 4.74 Å². The lowest BCUT2D eigenvalue weighted by atomic mass is 9.90. The summed E-state index contributed by atoms with van der Waals surface area (Å²) in [7, 11) is 0. The highest BCUT2D eigenvalue weighted by molar-refractivity contribution is 5.94. The standard InChI is InChI=1S/C22H27N3O2/c26-22(19-8-7-17-4-1-2-5-18(17)14-19)24-16-21(20-6-3-9-23-15-20)25-10-12-27-13-11-25/h3,6-9,14-15,21H,1-2,4-5,10-13,16H2,(H,24,26)/t21-/m0/s1. The van der Waals surface area contributed by atoms with Crippen LogP contribution in [0, 0.1) is 0 Å². The number of pyridine rings is 1. The van der Waals surface area contributed by atoms with Crippen molar-refractivity contribution in [2.45, 2.75) is 31.7 Å². The number of hydrogen-bond donors (Lipinski definition) is 1. The Balaban J connectivity index is 1.46. The maximum atomic E-state index is 12.8. The van der Waals surface area contributed by atoms with Crippen molar-refractivity contribution in [2.75, 3.05) is 32.8 Å². The van der Waals surface area contributed by atoms with Gasteiger partial charge >= 0.3 is 0 Å². The van der Waals surface area contributed by atoms with Crippen molar-refractivity contribution >= 4 is 5.91 Å². The smallest absolute Gasteiger partial charge is 0.251 e. The van der Waals surface area contributed by atoms with Gasteiger partial charge in [-0.1, -0.05) is 12.1 Å². The largest absolute Gasteiger partial charge is 0.379 e. The van der Waals surface area contributed by atoms with Gasteiger partial charge in [-0.3, -0.25) is 14.7 Å². The summed E-state index contributed by atoms with van der Waals surface area (Å²) in [5.41, 5.74) is 4.64. The summed E-state index contributed by atoms with van der Waals surface area (Å²) in [6.45, 7) is 3.77. The third-order valence-electron chi connectivity index (χ3n) is 5.62. The highest BCUT2D eigenvalue weighted by Gasteiger charge is 2.23. The van der Waals surface area contributed by atoms with Gasteiger partial charge in [0.15, 0.2) is 0 Å². The minimum absolute atomic E-state index is 0.00511. The molecule has 142 valence electrons. The molecule has 0 bridgehead atoms. The second-order valence-corrected chi connectivity index (χ2v) is 7.35. The number of rotatable bonds is 5. The maximum Gasteiger partial charge on any atom is 0.251 e. The molecule has 1 aliphatic heterocycles. The molecule has 1 aliphatic carbocycles. The van der Waals surface area contributed by atoms with Gasteiger partial charge in [0.25, 0.3) is 5.91 Å². The molecule has 1 fully saturated rings. The van der Waals surface area contributed by atoms with Gasteiger partial charge < -0.3 is 10.1 Å². The normalized spacial score (nSPS) is 18.5. The molecular formula is C22H27N3O2. The van der Waals surface area contributed by atoms with Gasteiger partial charge in [-0.05, 0) is 60.6 Å². The van der Waals surface area contributed by atoms with Crippen LogP contribution in [0.3, 0.4) is 0 Å². The fourth-order valence-corrected chi connectivity index (χ4v) is 4.09. The second kappa shape index (κ2) is 8.63. The number of nitrogens with one attached hydrogen (secondary N) is 1. The Morgan fingerprint density at radius 2 is 1.96 bits per heavy atom. The molecule has 0 radical (unpaired) electrons. The van der Waals surface area contributed by atoms with Crippen LogP contribution in [0.2, 0.25) is 0 Å². The first-order valence-electron chi connectivity index (χ1n) is 9.93. The van der Waals surface area contributed by atoms with Crippen LogP contribution in [0.15, 0.2) is 42.7 Å². The Labute approximate surface area is 160 Å². The number of nitrogens with zero attached hydrogens (tertiary/aromatic N) is 2. The molecule has 1 amide bonds. The Bertz CT molecular complexity index is 772. The van der Waals surface area contributed by atoms with Gasteiger partial charge in [0, 0.05) is 37.6 Å². The van der Waals surface area contributed by atoms with Crippen LogP contribution < -0.4 is 5.32 Å². The minimum atomic E-state index is 0.00511. The third-order valence-corrected chi connectivity index (χ3v) is 5.62. The van der Waals surface area contributed by atoms with Gasteiger partial charge in [-0.25, -0.2) is 0 Å². The number of benzene rings is 1. The monoisotopic (exact) mass is 365 g/mol.